The number of imide groups is 1. The fraction of sp³-hybridized carbons (Fsp3) is 0.292. The molecule has 5 rings (SSSR count). The number of para-hydroxylation sites is 1. The lowest BCUT2D eigenvalue weighted by Crippen LogP contribution is -2.98. The second-order valence-electron chi connectivity index (χ2n) is 8.37. The third-order valence-corrected chi connectivity index (χ3v) is 6.76. The van der Waals surface area contributed by atoms with Crippen LogP contribution in [-0.4, -0.2) is 35.2 Å². The second kappa shape index (κ2) is 6.64. The average Bonchev–Trinajstić information content (AvgIpc) is 3.29. The number of carbonyl (C=O) groups excluding carboxylic acids is 3. The zero-order valence-electron chi connectivity index (χ0n) is 16.8. The first-order valence-electron chi connectivity index (χ1n) is 10.3. The fourth-order valence-electron chi connectivity index (χ4n) is 5.58. The van der Waals surface area contributed by atoms with Gasteiger partial charge in [0.2, 0.25) is 17.4 Å². The number of hydrogen-bond acceptors (Lipinski definition) is 3. The summed E-state index contributed by atoms with van der Waals surface area (Å²) in [7, 11) is 0. The molecule has 2 N–H and O–H groups in total. The molecular weight excluding hydrogens is 378 g/mol. The summed E-state index contributed by atoms with van der Waals surface area (Å²) in [6, 6.07) is 16.9. The van der Waals surface area contributed by atoms with Gasteiger partial charge < -0.3 is 10.2 Å². The van der Waals surface area contributed by atoms with E-state index in [1.807, 2.05) is 66.8 Å². The quantitative estimate of drug-likeness (QED) is 0.617. The number of carbonyl (C=O) groups is 3. The van der Waals surface area contributed by atoms with Crippen molar-refractivity contribution in [2.24, 2.45) is 11.8 Å². The molecule has 0 aliphatic carbocycles. The van der Waals surface area contributed by atoms with E-state index in [1.54, 1.807) is 11.0 Å². The van der Waals surface area contributed by atoms with Gasteiger partial charge in [0.25, 0.3) is 5.91 Å². The molecule has 4 atom stereocenters. The monoisotopic (exact) mass is 402 g/mol. The normalized spacial score (nSPS) is 29.6. The molecule has 3 amide bonds. The molecule has 6 nitrogen and oxygen atoms in total. The van der Waals surface area contributed by atoms with Crippen LogP contribution >= 0.6 is 0 Å². The van der Waals surface area contributed by atoms with Crippen LogP contribution in [0.15, 0.2) is 67.3 Å². The van der Waals surface area contributed by atoms with E-state index in [4.69, 9.17) is 0 Å². The highest BCUT2D eigenvalue weighted by Gasteiger charge is 2.74. The number of nitrogens with two attached hydrogens (primary N) is 1. The van der Waals surface area contributed by atoms with Crippen molar-refractivity contribution in [3.05, 3.63) is 78.4 Å². The fourth-order valence-corrected chi connectivity index (χ4v) is 5.58. The number of anilines is 1. The molecule has 0 unspecified atom stereocenters. The molecule has 6 heteroatoms. The number of benzene rings is 2. The highest BCUT2D eigenvalue weighted by molar-refractivity contribution is 6.14. The summed E-state index contributed by atoms with van der Waals surface area (Å²) in [6.45, 7) is 6.33. The van der Waals surface area contributed by atoms with Gasteiger partial charge in [0, 0.05) is 12.1 Å². The Morgan fingerprint density at radius 1 is 1.00 bits per heavy atom. The minimum atomic E-state index is -1.10. The highest BCUT2D eigenvalue weighted by Crippen LogP contribution is 2.50. The number of quaternary nitrogens is 1. The summed E-state index contributed by atoms with van der Waals surface area (Å²) < 4.78 is 0. The van der Waals surface area contributed by atoms with Crippen molar-refractivity contribution in [3.63, 3.8) is 0 Å². The molecule has 3 aliphatic heterocycles. The molecule has 30 heavy (non-hydrogen) atoms. The van der Waals surface area contributed by atoms with Gasteiger partial charge in [-0.15, -0.1) is 6.58 Å². The minimum absolute atomic E-state index is 0.134. The SMILES string of the molecule is C=CCN1C(=O)[C@]2([NH2+][C@@H](C)[C@H]3C(=O)N(Cc4ccccc4)C(=O)[C@H]32)c2ccccc21. The van der Waals surface area contributed by atoms with Gasteiger partial charge in [0.05, 0.1) is 18.3 Å². The molecule has 2 aromatic carbocycles. The summed E-state index contributed by atoms with van der Waals surface area (Å²) >= 11 is 0. The molecule has 0 saturated carbocycles. The third kappa shape index (κ3) is 2.31. The van der Waals surface area contributed by atoms with Crippen LogP contribution in [0.4, 0.5) is 5.69 Å². The van der Waals surface area contributed by atoms with Crippen molar-refractivity contribution >= 4 is 23.4 Å². The summed E-state index contributed by atoms with van der Waals surface area (Å²) in [5, 5.41) is 1.95. The van der Waals surface area contributed by atoms with E-state index in [-0.39, 0.29) is 30.3 Å². The predicted molar refractivity (Wildman–Crippen MR) is 111 cm³/mol. The zero-order valence-corrected chi connectivity index (χ0v) is 16.8. The third-order valence-electron chi connectivity index (χ3n) is 6.76. The van der Waals surface area contributed by atoms with Gasteiger partial charge in [0.15, 0.2) is 0 Å². The number of hydrogen-bond donors (Lipinski definition) is 1. The lowest BCUT2D eigenvalue weighted by atomic mass is 9.76. The Morgan fingerprint density at radius 2 is 1.70 bits per heavy atom. The van der Waals surface area contributed by atoms with Crippen molar-refractivity contribution < 1.29 is 19.7 Å². The molecule has 2 aromatic rings. The van der Waals surface area contributed by atoms with E-state index < -0.39 is 17.4 Å². The molecule has 0 aromatic heterocycles. The molecular formula is C24H24N3O3+. The lowest BCUT2D eigenvalue weighted by Gasteiger charge is -2.27. The Labute approximate surface area is 175 Å². The van der Waals surface area contributed by atoms with Crippen LogP contribution < -0.4 is 10.2 Å². The first kappa shape index (κ1) is 18.8. The Hall–Kier alpha value is -3.25. The molecule has 1 spiro atoms. The van der Waals surface area contributed by atoms with Crippen molar-refractivity contribution in [3.8, 4) is 0 Å². The van der Waals surface area contributed by atoms with Crippen LogP contribution in [0.2, 0.25) is 0 Å². The summed E-state index contributed by atoms with van der Waals surface area (Å²) in [4.78, 5) is 43.7. The van der Waals surface area contributed by atoms with E-state index in [1.165, 1.54) is 4.90 Å². The average molecular weight is 402 g/mol. The Kier molecular flexibility index (Phi) is 4.15. The van der Waals surface area contributed by atoms with Crippen molar-refractivity contribution in [2.45, 2.75) is 25.0 Å². The first-order chi connectivity index (χ1) is 14.5. The van der Waals surface area contributed by atoms with Crippen LogP contribution in [0.1, 0.15) is 18.1 Å². The zero-order chi connectivity index (χ0) is 21.0. The van der Waals surface area contributed by atoms with Crippen molar-refractivity contribution in [1.82, 2.24) is 4.90 Å². The maximum atomic E-state index is 13.7. The molecule has 152 valence electrons. The Balaban J connectivity index is 1.60. The van der Waals surface area contributed by atoms with E-state index in [0.29, 0.717) is 6.54 Å². The van der Waals surface area contributed by atoms with Crippen molar-refractivity contribution in [1.29, 1.82) is 0 Å². The Bertz CT molecular complexity index is 1070. The second-order valence-corrected chi connectivity index (χ2v) is 8.37. The van der Waals surface area contributed by atoms with E-state index in [9.17, 15) is 14.4 Å². The van der Waals surface area contributed by atoms with Gasteiger partial charge in [-0.2, -0.15) is 0 Å². The molecule has 2 saturated heterocycles. The van der Waals surface area contributed by atoms with Crippen LogP contribution in [0.25, 0.3) is 0 Å². The Morgan fingerprint density at radius 3 is 2.43 bits per heavy atom. The van der Waals surface area contributed by atoms with Gasteiger partial charge in [0.1, 0.15) is 11.8 Å². The number of fused-ring (bicyclic) bond motifs is 4. The number of nitrogens with zero attached hydrogens (tertiary/aromatic N) is 2. The van der Waals surface area contributed by atoms with E-state index >= 15 is 0 Å². The van der Waals surface area contributed by atoms with Gasteiger partial charge in [-0.1, -0.05) is 54.6 Å². The molecule has 3 heterocycles. The van der Waals surface area contributed by atoms with Gasteiger partial charge >= 0.3 is 0 Å². The maximum absolute atomic E-state index is 13.7. The van der Waals surface area contributed by atoms with Crippen LogP contribution in [0, 0.1) is 11.8 Å². The minimum Gasteiger partial charge on any atom is -0.326 e. The number of rotatable bonds is 4. The molecule has 0 radical (unpaired) electrons. The smallest absolute Gasteiger partial charge is 0.294 e. The molecule has 0 bridgehead atoms. The summed E-state index contributed by atoms with van der Waals surface area (Å²) in [5.74, 6) is -1.78. The number of likely N-dealkylation sites (tertiary alicyclic amines) is 1. The lowest BCUT2D eigenvalue weighted by molar-refractivity contribution is -0.730. The topological polar surface area (TPSA) is 74.3 Å². The standard InChI is InChI=1S/C24H23N3O3/c1-3-13-26-18-12-8-7-11-17(18)24(23(26)30)20-19(15(2)25-24)21(28)27(22(20)29)14-16-9-5-4-6-10-16/h3-12,15,19-20,25H,1,13-14H2,2H3/p+1/t15-,19+,20-,24-/m0/s1. The molecule has 3 aliphatic rings. The largest absolute Gasteiger partial charge is 0.326 e. The molecule has 2 fully saturated rings. The first-order valence-corrected chi connectivity index (χ1v) is 10.3. The van der Waals surface area contributed by atoms with E-state index in [2.05, 4.69) is 6.58 Å². The summed E-state index contributed by atoms with van der Waals surface area (Å²) in [5.41, 5.74) is 1.42. The van der Waals surface area contributed by atoms with Crippen LogP contribution in [0.3, 0.4) is 0 Å². The predicted octanol–water partition coefficient (Wildman–Crippen LogP) is 1.18. The van der Waals surface area contributed by atoms with Gasteiger partial charge in [-0.25, -0.2) is 0 Å². The summed E-state index contributed by atoms with van der Waals surface area (Å²) in [6.07, 6.45) is 1.69. The number of amides is 3. The van der Waals surface area contributed by atoms with Gasteiger partial charge in [-0.05, 0) is 18.6 Å². The van der Waals surface area contributed by atoms with Crippen LogP contribution in [-0.2, 0) is 26.5 Å². The highest BCUT2D eigenvalue weighted by atomic mass is 16.2. The van der Waals surface area contributed by atoms with Gasteiger partial charge in [-0.3, -0.25) is 19.3 Å². The van der Waals surface area contributed by atoms with Crippen molar-refractivity contribution in [2.75, 3.05) is 11.4 Å². The van der Waals surface area contributed by atoms with Crippen LogP contribution in [0.5, 0.6) is 0 Å². The van der Waals surface area contributed by atoms with E-state index in [0.717, 1.165) is 16.8 Å². The maximum Gasteiger partial charge on any atom is 0.294 e.